The minimum Gasteiger partial charge on any atom is -0.407 e. The molecule has 1 atom stereocenters. The first-order valence-corrected chi connectivity index (χ1v) is 11.8. The molecule has 130 valence electrons. The van der Waals surface area contributed by atoms with Gasteiger partial charge in [0.05, 0.1) is 0 Å². The topological polar surface area (TPSA) is 9.23 Å². The summed E-state index contributed by atoms with van der Waals surface area (Å²) in [6.45, 7) is 10.1. The Kier molecular flexibility index (Phi) is 6.85. The largest absolute Gasteiger partial charge is 0.407 e. The average Bonchev–Trinajstić information content (AvgIpc) is 2.59. The molecule has 0 spiro atoms. The zero-order valence-electron chi connectivity index (χ0n) is 15.3. The van der Waals surface area contributed by atoms with Crippen LogP contribution < -0.4 is 10.4 Å². The molecule has 0 saturated carbocycles. The van der Waals surface area contributed by atoms with E-state index in [-0.39, 0.29) is 5.04 Å². The molecule has 0 radical (unpaired) electrons. The molecule has 0 aromatic heterocycles. The van der Waals surface area contributed by atoms with Gasteiger partial charge in [0.2, 0.25) is 0 Å². The number of rotatable bonds is 7. The second-order valence-electron chi connectivity index (χ2n) is 7.56. The lowest BCUT2D eigenvalue weighted by atomic mass is 10.1. The molecule has 2 aromatic carbocycles. The van der Waals surface area contributed by atoms with Crippen LogP contribution in [-0.4, -0.2) is 20.3 Å². The molecule has 2 aromatic rings. The van der Waals surface area contributed by atoms with Gasteiger partial charge in [-0.3, -0.25) is 0 Å². The fourth-order valence-electron chi connectivity index (χ4n) is 3.25. The summed E-state index contributed by atoms with van der Waals surface area (Å²) in [5.41, 5.74) is 0. The van der Waals surface area contributed by atoms with Crippen molar-refractivity contribution in [2.45, 2.75) is 39.2 Å². The highest BCUT2D eigenvalue weighted by molar-refractivity contribution is 9.09. The predicted molar refractivity (Wildman–Crippen MR) is 111 cm³/mol. The lowest BCUT2D eigenvalue weighted by molar-refractivity contribution is 0.274. The molecule has 3 heteroatoms. The van der Waals surface area contributed by atoms with Crippen molar-refractivity contribution in [1.82, 2.24) is 0 Å². The lowest BCUT2D eigenvalue weighted by Crippen LogP contribution is -2.66. The highest BCUT2D eigenvalue weighted by Crippen LogP contribution is 2.36. The van der Waals surface area contributed by atoms with E-state index < -0.39 is 8.32 Å². The van der Waals surface area contributed by atoms with Crippen LogP contribution in [0, 0.1) is 5.92 Å². The van der Waals surface area contributed by atoms with Crippen LogP contribution >= 0.6 is 15.9 Å². The van der Waals surface area contributed by atoms with E-state index in [0.717, 1.165) is 18.4 Å². The van der Waals surface area contributed by atoms with E-state index in [1.807, 2.05) is 0 Å². The summed E-state index contributed by atoms with van der Waals surface area (Å²) in [7, 11) is -2.34. The number of hydrogen-bond acceptors (Lipinski definition) is 1. The van der Waals surface area contributed by atoms with Crippen molar-refractivity contribution in [3.8, 4) is 0 Å². The van der Waals surface area contributed by atoms with Crippen molar-refractivity contribution in [3.63, 3.8) is 0 Å². The second kappa shape index (κ2) is 8.46. The van der Waals surface area contributed by atoms with E-state index >= 15 is 0 Å². The third kappa shape index (κ3) is 4.19. The van der Waals surface area contributed by atoms with Gasteiger partial charge in [0.15, 0.2) is 0 Å². The van der Waals surface area contributed by atoms with E-state index in [1.54, 1.807) is 0 Å². The Morgan fingerprint density at radius 3 is 1.75 bits per heavy atom. The molecule has 0 aliphatic rings. The van der Waals surface area contributed by atoms with Gasteiger partial charge in [-0.15, -0.1) is 0 Å². The molecule has 0 N–H and O–H groups in total. The van der Waals surface area contributed by atoms with Crippen LogP contribution in [0.15, 0.2) is 60.7 Å². The van der Waals surface area contributed by atoms with E-state index in [9.17, 15) is 0 Å². The Morgan fingerprint density at radius 1 is 0.917 bits per heavy atom. The van der Waals surface area contributed by atoms with Crippen LogP contribution in [0.4, 0.5) is 0 Å². The van der Waals surface area contributed by atoms with Crippen LogP contribution in [0.2, 0.25) is 5.04 Å². The molecule has 2 rings (SSSR count). The van der Waals surface area contributed by atoms with Gasteiger partial charge in [0, 0.05) is 11.9 Å². The molecule has 1 nitrogen and oxygen atoms in total. The van der Waals surface area contributed by atoms with Crippen molar-refractivity contribution in [1.29, 1.82) is 0 Å². The number of alkyl halides is 1. The zero-order valence-corrected chi connectivity index (χ0v) is 17.8. The monoisotopic (exact) mass is 404 g/mol. The second-order valence-corrected chi connectivity index (χ2v) is 12.5. The zero-order chi connectivity index (χ0) is 17.6. The van der Waals surface area contributed by atoms with E-state index in [0.29, 0.717) is 5.92 Å². The van der Waals surface area contributed by atoms with E-state index in [2.05, 4.69) is 104 Å². The maximum Gasteiger partial charge on any atom is 0.261 e. The van der Waals surface area contributed by atoms with E-state index in [1.165, 1.54) is 10.4 Å². The van der Waals surface area contributed by atoms with Crippen LogP contribution in [0.25, 0.3) is 0 Å². The average molecular weight is 405 g/mol. The molecule has 0 bridgehead atoms. The Balaban J connectivity index is 2.49. The molecule has 0 saturated heterocycles. The van der Waals surface area contributed by atoms with Gasteiger partial charge >= 0.3 is 0 Å². The van der Waals surface area contributed by atoms with Crippen LogP contribution in [-0.2, 0) is 4.43 Å². The van der Waals surface area contributed by atoms with Crippen LogP contribution in [0.5, 0.6) is 0 Å². The van der Waals surface area contributed by atoms with Crippen molar-refractivity contribution in [2.75, 3.05) is 11.9 Å². The van der Waals surface area contributed by atoms with Crippen LogP contribution in [0.1, 0.15) is 34.1 Å². The molecular formula is C21H29BrOSi. The molecular weight excluding hydrogens is 376 g/mol. The van der Waals surface area contributed by atoms with Gasteiger partial charge in [-0.2, -0.15) is 0 Å². The summed E-state index contributed by atoms with van der Waals surface area (Å²) >= 11 is 3.58. The highest BCUT2D eigenvalue weighted by atomic mass is 79.9. The van der Waals surface area contributed by atoms with Crippen LogP contribution in [0.3, 0.4) is 0 Å². The predicted octanol–water partition coefficient (Wildman–Crippen LogP) is 4.98. The smallest absolute Gasteiger partial charge is 0.261 e. The maximum absolute atomic E-state index is 6.86. The summed E-state index contributed by atoms with van der Waals surface area (Å²) in [5, 5.41) is 3.80. The summed E-state index contributed by atoms with van der Waals surface area (Å²) in [6.07, 6.45) is 1.08. The standard InChI is InChI=1S/C21H29BrOSi/c1-18(17-22)15-16-23-24(21(2,3)4,19-11-7-5-8-12-19)20-13-9-6-10-14-20/h5-14,18H,15-17H2,1-4H3/t18-/m0/s1. The number of halogens is 1. The van der Waals surface area contributed by atoms with Crippen molar-refractivity contribution < 1.29 is 4.43 Å². The Labute approximate surface area is 156 Å². The fraction of sp³-hybridized carbons (Fsp3) is 0.429. The fourth-order valence-corrected chi connectivity index (χ4v) is 8.16. The quantitative estimate of drug-likeness (QED) is 0.466. The van der Waals surface area contributed by atoms with Gasteiger partial charge in [-0.25, -0.2) is 0 Å². The van der Waals surface area contributed by atoms with Crippen molar-refractivity contribution in [3.05, 3.63) is 60.7 Å². The SMILES string of the molecule is C[C@H](CBr)CCO[Si](c1ccccc1)(c1ccccc1)C(C)(C)C. The van der Waals surface area contributed by atoms with E-state index in [4.69, 9.17) is 4.43 Å². The molecule has 0 amide bonds. The Morgan fingerprint density at radius 2 is 1.38 bits per heavy atom. The number of hydrogen-bond donors (Lipinski definition) is 0. The lowest BCUT2D eigenvalue weighted by Gasteiger charge is -2.43. The van der Waals surface area contributed by atoms with Gasteiger partial charge in [-0.1, -0.05) is 104 Å². The highest BCUT2D eigenvalue weighted by Gasteiger charge is 2.49. The molecule has 0 fully saturated rings. The third-order valence-corrected chi connectivity index (χ3v) is 10.8. The molecule has 24 heavy (non-hydrogen) atoms. The number of benzene rings is 2. The van der Waals surface area contributed by atoms with Gasteiger partial charge in [0.25, 0.3) is 8.32 Å². The maximum atomic E-state index is 6.86. The molecule has 0 aliphatic heterocycles. The minimum atomic E-state index is -2.34. The summed E-state index contributed by atoms with van der Waals surface area (Å²) in [5.74, 6) is 0.628. The summed E-state index contributed by atoms with van der Waals surface area (Å²) < 4.78 is 6.86. The molecule has 0 unspecified atom stereocenters. The third-order valence-electron chi connectivity index (χ3n) is 4.61. The normalized spacial score (nSPS) is 13.7. The molecule has 0 aliphatic carbocycles. The first kappa shape index (κ1) is 19.4. The van der Waals surface area contributed by atoms with Gasteiger partial charge < -0.3 is 4.43 Å². The van der Waals surface area contributed by atoms with Crippen molar-refractivity contribution in [2.24, 2.45) is 5.92 Å². The van der Waals surface area contributed by atoms with Crippen molar-refractivity contribution >= 4 is 34.6 Å². The van der Waals surface area contributed by atoms with Gasteiger partial charge in [-0.05, 0) is 27.8 Å². The summed E-state index contributed by atoms with van der Waals surface area (Å²) in [6, 6.07) is 21.7. The molecule has 0 heterocycles. The Hall–Kier alpha value is -0.903. The van der Waals surface area contributed by atoms with Gasteiger partial charge in [0.1, 0.15) is 0 Å². The summed E-state index contributed by atoms with van der Waals surface area (Å²) in [4.78, 5) is 0. The Bertz CT molecular complexity index is 567. The minimum absolute atomic E-state index is 0.0628. The first-order chi connectivity index (χ1) is 11.4. The first-order valence-electron chi connectivity index (χ1n) is 8.73.